The van der Waals surface area contributed by atoms with Gasteiger partial charge in [0.1, 0.15) is 0 Å². The average Bonchev–Trinajstić information content (AvgIpc) is 2.87. The van der Waals surface area contributed by atoms with Crippen molar-refractivity contribution in [1.29, 1.82) is 0 Å². The molecule has 1 unspecified atom stereocenters. The summed E-state index contributed by atoms with van der Waals surface area (Å²) < 4.78 is 5.15. The van der Waals surface area contributed by atoms with Crippen LogP contribution in [0.2, 0.25) is 0 Å². The summed E-state index contributed by atoms with van der Waals surface area (Å²) >= 11 is 0. The number of hydrogen-bond donors (Lipinski definition) is 2. The standard InChI is InChI=1S/C11H17NO4/c13-10(8-3-4-16-6-8)12-9-2-1-7(5-9)11(14)15/h7-9H,1-6H2,(H,12,13)(H,14,15)/t7-,8?,9+/m0/s1. The third kappa shape index (κ3) is 2.52. The van der Waals surface area contributed by atoms with Crippen LogP contribution in [0.25, 0.3) is 0 Å². The van der Waals surface area contributed by atoms with Gasteiger partial charge in [-0.15, -0.1) is 0 Å². The number of amides is 1. The Kier molecular flexibility index (Phi) is 3.43. The van der Waals surface area contributed by atoms with Gasteiger partial charge in [-0.2, -0.15) is 0 Å². The van der Waals surface area contributed by atoms with Crippen molar-refractivity contribution in [3.63, 3.8) is 0 Å². The van der Waals surface area contributed by atoms with Gasteiger partial charge in [-0.1, -0.05) is 0 Å². The largest absolute Gasteiger partial charge is 0.481 e. The van der Waals surface area contributed by atoms with Gasteiger partial charge in [-0.05, 0) is 25.7 Å². The van der Waals surface area contributed by atoms with Crippen molar-refractivity contribution in [2.45, 2.75) is 31.7 Å². The number of rotatable bonds is 3. The lowest BCUT2D eigenvalue weighted by Crippen LogP contribution is -2.38. The van der Waals surface area contributed by atoms with Gasteiger partial charge in [0, 0.05) is 12.6 Å². The molecule has 0 aromatic rings. The zero-order valence-corrected chi connectivity index (χ0v) is 9.15. The van der Waals surface area contributed by atoms with Crippen molar-refractivity contribution >= 4 is 11.9 Å². The summed E-state index contributed by atoms with van der Waals surface area (Å²) in [6.45, 7) is 1.15. The van der Waals surface area contributed by atoms with Crippen molar-refractivity contribution in [3.05, 3.63) is 0 Å². The molecule has 1 aliphatic carbocycles. The minimum absolute atomic E-state index is 0.0218. The van der Waals surface area contributed by atoms with Crippen LogP contribution in [0.5, 0.6) is 0 Å². The number of carbonyl (C=O) groups excluding carboxylic acids is 1. The molecule has 0 aromatic carbocycles. The summed E-state index contributed by atoms with van der Waals surface area (Å²) in [5.74, 6) is -1.05. The predicted octanol–water partition coefficient (Wildman–Crippen LogP) is 0.392. The zero-order valence-electron chi connectivity index (χ0n) is 9.15. The van der Waals surface area contributed by atoms with E-state index in [2.05, 4.69) is 5.32 Å². The van der Waals surface area contributed by atoms with Crippen LogP contribution in [0.4, 0.5) is 0 Å². The summed E-state index contributed by atoms with van der Waals surface area (Å²) in [7, 11) is 0. The van der Waals surface area contributed by atoms with E-state index < -0.39 is 5.97 Å². The highest BCUT2D eigenvalue weighted by molar-refractivity contribution is 5.79. The van der Waals surface area contributed by atoms with Gasteiger partial charge >= 0.3 is 5.97 Å². The van der Waals surface area contributed by atoms with Crippen molar-refractivity contribution < 1.29 is 19.4 Å². The fourth-order valence-corrected chi connectivity index (χ4v) is 2.40. The van der Waals surface area contributed by atoms with E-state index in [4.69, 9.17) is 9.84 Å². The second kappa shape index (κ2) is 4.82. The van der Waals surface area contributed by atoms with Crippen LogP contribution in [-0.2, 0) is 14.3 Å². The second-order valence-corrected chi connectivity index (χ2v) is 4.61. The lowest BCUT2D eigenvalue weighted by Gasteiger charge is -2.15. The first-order chi connectivity index (χ1) is 7.66. The third-order valence-electron chi connectivity index (χ3n) is 3.43. The van der Waals surface area contributed by atoms with Crippen LogP contribution in [0.15, 0.2) is 0 Å². The Morgan fingerprint density at radius 1 is 1.19 bits per heavy atom. The van der Waals surface area contributed by atoms with Crippen LogP contribution < -0.4 is 5.32 Å². The van der Waals surface area contributed by atoms with E-state index in [1.54, 1.807) is 0 Å². The smallest absolute Gasteiger partial charge is 0.306 e. The molecule has 0 aromatic heterocycles. The molecule has 16 heavy (non-hydrogen) atoms. The third-order valence-corrected chi connectivity index (χ3v) is 3.43. The molecule has 1 aliphatic heterocycles. The molecule has 0 bridgehead atoms. The number of ether oxygens (including phenoxy) is 1. The fourth-order valence-electron chi connectivity index (χ4n) is 2.40. The van der Waals surface area contributed by atoms with Crippen molar-refractivity contribution in [2.75, 3.05) is 13.2 Å². The summed E-state index contributed by atoms with van der Waals surface area (Å²) in [5.41, 5.74) is 0. The fraction of sp³-hybridized carbons (Fsp3) is 0.818. The van der Waals surface area contributed by atoms with E-state index >= 15 is 0 Å². The minimum Gasteiger partial charge on any atom is -0.481 e. The Bertz CT molecular complexity index is 286. The maximum absolute atomic E-state index is 11.7. The zero-order chi connectivity index (χ0) is 11.5. The molecule has 2 aliphatic rings. The number of carbonyl (C=O) groups is 2. The molecule has 2 fully saturated rings. The summed E-state index contributed by atoms with van der Waals surface area (Å²) in [6, 6.07) is 0.0363. The number of aliphatic carboxylic acids is 1. The van der Waals surface area contributed by atoms with Crippen LogP contribution in [0.1, 0.15) is 25.7 Å². The van der Waals surface area contributed by atoms with Gasteiger partial charge < -0.3 is 15.2 Å². The van der Waals surface area contributed by atoms with Crippen LogP contribution >= 0.6 is 0 Å². The quantitative estimate of drug-likeness (QED) is 0.731. The lowest BCUT2D eigenvalue weighted by atomic mass is 10.1. The number of carboxylic acids is 1. The van der Waals surface area contributed by atoms with Crippen molar-refractivity contribution in [1.82, 2.24) is 5.32 Å². The maximum atomic E-state index is 11.7. The van der Waals surface area contributed by atoms with Crippen LogP contribution in [0, 0.1) is 11.8 Å². The summed E-state index contributed by atoms with van der Waals surface area (Å²) in [6.07, 6.45) is 2.79. The second-order valence-electron chi connectivity index (χ2n) is 4.61. The maximum Gasteiger partial charge on any atom is 0.306 e. The summed E-state index contributed by atoms with van der Waals surface area (Å²) in [4.78, 5) is 22.5. The Morgan fingerprint density at radius 2 is 2.00 bits per heavy atom. The van der Waals surface area contributed by atoms with Crippen LogP contribution in [0.3, 0.4) is 0 Å². The molecule has 1 saturated heterocycles. The highest BCUT2D eigenvalue weighted by Gasteiger charge is 2.32. The van der Waals surface area contributed by atoms with Gasteiger partial charge in [-0.3, -0.25) is 9.59 Å². The highest BCUT2D eigenvalue weighted by Crippen LogP contribution is 2.26. The first-order valence-corrected chi connectivity index (χ1v) is 5.77. The molecule has 1 heterocycles. The van der Waals surface area contributed by atoms with Crippen molar-refractivity contribution in [3.8, 4) is 0 Å². The average molecular weight is 227 g/mol. The van der Waals surface area contributed by atoms with Gasteiger partial charge in [0.05, 0.1) is 18.4 Å². The van der Waals surface area contributed by atoms with Crippen LogP contribution in [-0.4, -0.2) is 36.2 Å². The molecule has 5 nitrogen and oxygen atoms in total. The van der Waals surface area contributed by atoms with Gasteiger partial charge in [0.25, 0.3) is 0 Å². The van der Waals surface area contributed by atoms with Gasteiger partial charge in [-0.25, -0.2) is 0 Å². The van der Waals surface area contributed by atoms with Gasteiger partial charge in [0.15, 0.2) is 0 Å². The Morgan fingerprint density at radius 3 is 2.56 bits per heavy atom. The van der Waals surface area contributed by atoms with E-state index in [1.165, 1.54) is 0 Å². The predicted molar refractivity (Wildman–Crippen MR) is 55.8 cm³/mol. The molecule has 1 saturated carbocycles. The molecular weight excluding hydrogens is 210 g/mol. The number of hydrogen-bond acceptors (Lipinski definition) is 3. The molecule has 0 spiro atoms. The first kappa shape index (κ1) is 11.4. The van der Waals surface area contributed by atoms with Gasteiger partial charge in [0.2, 0.25) is 5.91 Å². The van der Waals surface area contributed by atoms with E-state index in [0.717, 1.165) is 12.8 Å². The van der Waals surface area contributed by atoms with Crippen molar-refractivity contribution in [2.24, 2.45) is 11.8 Å². The first-order valence-electron chi connectivity index (χ1n) is 5.77. The Balaban J connectivity index is 1.78. The van der Waals surface area contributed by atoms with E-state index in [1.807, 2.05) is 0 Å². The highest BCUT2D eigenvalue weighted by atomic mass is 16.5. The number of nitrogens with one attached hydrogen (secondary N) is 1. The van der Waals surface area contributed by atoms with E-state index in [-0.39, 0.29) is 23.8 Å². The molecule has 2 N–H and O–H groups in total. The monoisotopic (exact) mass is 227 g/mol. The Hall–Kier alpha value is -1.10. The lowest BCUT2D eigenvalue weighted by molar-refractivity contribution is -0.141. The topological polar surface area (TPSA) is 75.6 Å². The normalized spacial score (nSPS) is 33.9. The molecule has 1 amide bonds. The number of carboxylic acid groups (broad SMARTS) is 1. The molecule has 2 rings (SSSR count). The molecular formula is C11H17NO4. The molecule has 90 valence electrons. The molecule has 0 radical (unpaired) electrons. The van der Waals surface area contributed by atoms with E-state index in [9.17, 15) is 9.59 Å². The summed E-state index contributed by atoms with van der Waals surface area (Å²) in [5, 5.41) is 11.8. The molecule has 3 atom stereocenters. The Labute approximate surface area is 94.2 Å². The van der Waals surface area contributed by atoms with E-state index in [0.29, 0.717) is 26.1 Å². The molecule has 5 heteroatoms. The minimum atomic E-state index is -0.749. The SMILES string of the molecule is O=C(N[C@@H]1CC[C@H](C(=O)O)C1)C1CCOC1.